The molecule has 1 unspecified atom stereocenters. The Morgan fingerprint density at radius 2 is 2.22 bits per heavy atom. The van der Waals surface area contributed by atoms with Crippen molar-refractivity contribution in [1.82, 2.24) is 0 Å². The van der Waals surface area contributed by atoms with Gasteiger partial charge in [-0.05, 0) is 24.6 Å². The molecular formula is C13H12Cl2FNO. The van der Waals surface area contributed by atoms with E-state index in [1.807, 2.05) is 13.0 Å². The summed E-state index contributed by atoms with van der Waals surface area (Å²) in [4.78, 5) is 4.20. The summed E-state index contributed by atoms with van der Waals surface area (Å²) in [6, 6.07) is 4.28. The minimum atomic E-state index is -0.484. The van der Waals surface area contributed by atoms with Gasteiger partial charge in [0, 0.05) is 10.9 Å². The molecule has 0 spiro atoms. The van der Waals surface area contributed by atoms with Gasteiger partial charge >= 0.3 is 0 Å². The Bertz CT molecular complexity index is 514. The molecule has 2 nitrogen and oxygen atoms in total. The van der Waals surface area contributed by atoms with Crippen LogP contribution >= 0.6 is 23.2 Å². The predicted molar refractivity (Wildman–Crippen MR) is 72.1 cm³/mol. The molecule has 1 atom stereocenters. The Balaban J connectivity index is 2.00. The number of hydrogen-bond acceptors (Lipinski definition) is 2. The zero-order chi connectivity index (χ0) is 13.1. The largest absolute Gasteiger partial charge is 0.484 e. The first kappa shape index (κ1) is 13.4. The van der Waals surface area contributed by atoms with Gasteiger partial charge in [-0.25, -0.2) is 9.38 Å². The van der Waals surface area contributed by atoms with Crippen LogP contribution in [0.2, 0.25) is 5.02 Å². The SMILES string of the molecule is CC1CC=C(COc2ccc(Cl)cc2F)N=C1Cl. The molecule has 0 radical (unpaired) electrons. The summed E-state index contributed by atoms with van der Waals surface area (Å²) in [5.74, 6) is -0.0877. The van der Waals surface area contributed by atoms with Crippen molar-refractivity contribution < 1.29 is 9.13 Å². The first-order valence-electron chi connectivity index (χ1n) is 5.57. The summed E-state index contributed by atoms with van der Waals surface area (Å²) >= 11 is 11.6. The van der Waals surface area contributed by atoms with Gasteiger partial charge < -0.3 is 4.74 Å². The van der Waals surface area contributed by atoms with Crippen LogP contribution in [-0.4, -0.2) is 11.8 Å². The maximum atomic E-state index is 13.5. The molecule has 96 valence electrons. The molecule has 0 saturated carbocycles. The molecule has 18 heavy (non-hydrogen) atoms. The fourth-order valence-electron chi connectivity index (χ4n) is 1.54. The van der Waals surface area contributed by atoms with Crippen LogP contribution in [0.3, 0.4) is 0 Å². The molecule has 1 heterocycles. The van der Waals surface area contributed by atoms with Crippen molar-refractivity contribution in [3.05, 3.63) is 40.8 Å². The number of aliphatic imine (C=N–C) groups is 1. The zero-order valence-electron chi connectivity index (χ0n) is 9.79. The van der Waals surface area contributed by atoms with Crippen LogP contribution in [0.4, 0.5) is 4.39 Å². The Morgan fingerprint density at radius 1 is 1.44 bits per heavy atom. The third kappa shape index (κ3) is 3.24. The van der Waals surface area contributed by atoms with Gasteiger partial charge in [-0.3, -0.25) is 0 Å². The number of hydrogen-bond donors (Lipinski definition) is 0. The van der Waals surface area contributed by atoms with E-state index in [9.17, 15) is 4.39 Å². The lowest BCUT2D eigenvalue weighted by molar-refractivity contribution is 0.330. The number of allylic oxidation sites excluding steroid dienone is 1. The minimum absolute atomic E-state index is 0.158. The summed E-state index contributed by atoms with van der Waals surface area (Å²) in [7, 11) is 0. The Morgan fingerprint density at radius 3 is 2.89 bits per heavy atom. The average Bonchev–Trinajstić information content (AvgIpc) is 2.32. The monoisotopic (exact) mass is 287 g/mol. The van der Waals surface area contributed by atoms with Crippen LogP contribution in [0.1, 0.15) is 13.3 Å². The van der Waals surface area contributed by atoms with Crippen LogP contribution in [0, 0.1) is 11.7 Å². The van der Waals surface area contributed by atoms with Crippen LogP contribution in [-0.2, 0) is 0 Å². The summed E-state index contributed by atoms with van der Waals surface area (Å²) in [6.07, 6.45) is 2.77. The number of ether oxygens (including phenoxy) is 1. The van der Waals surface area contributed by atoms with Crippen molar-refractivity contribution in [2.24, 2.45) is 10.9 Å². The normalized spacial score (nSPS) is 19.2. The first-order valence-corrected chi connectivity index (χ1v) is 6.33. The van der Waals surface area contributed by atoms with Crippen molar-refractivity contribution in [1.29, 1.82) is 0 Å². The van der Waals surface area contributed by atoms with Crippen molar-refractivity contribution >= 4 is 28.4 Å². The lowest BCUT2D eigenvalue weighted by Crippen LogP contribution is -2.11. The summed E-state index contributed by atoms with van der Waals surface area (Å²) < 4.78 is 18.8. The number of halogens is 3. The second-order valence-corrected chi connectivity index (χ2v) is 4.95. The topological polar surface area (TPSA) is 21.6 Å². The molecule has 0 aromatic heterocycles. The van der Waals surface area contributed by atoms with E-state index in [1.165, 1.54) is 12.1 Å². The number of benzene rings is 1. The van der Waals surface area contributed by atoms with E-state index in [0.29, 0.717) is 15.9 Å². The second-order valence-electron chi connectivity index (χ2n) is 4.13. The zero-order valence-corrected chi connectivity index (χ0v) is 11.3. The second kappa shape index (κ2) is 5.72. The molecule has 0 fully saturated rings. The van der Waals surface area contributed by atoms with Gasteiger partial charge in [0.05, 0.1) is 5.70 Å². The molecule has 0 aliphatic carbocycles. The molecule has 2 rings (SSSR count). The highest BCUT2D eigenvalue weighted by Gasteiger charge is 2.14. The van der Waals surface area contributed by atoms with E-state index in [2.05, 4.69) is 4.99 Å². The van der Waals surface area contributed by atoms with Gasteiger partial charge in [-0.2, -0.15) is 0 Å². The van der Waals surface area contributed by atoms with Crippen LogP contribution in [0.15, 0.2) is 35.0 Å². The molecule has 0 N–H and O–H groups in total. The van der Waals surface area contributed by atoms with Gasteiger partial charge in [-0.15, -0.1) is 0 Å². The highest BCUT2D eigenvalue weighted by Crippen LogP contribution is 2.23. The van der Waals surface area contributed by atoms with Gasteiger partial charge in [0.1, 0.15) is 11.8 Å². The fourth-order valence-corrected chi connectivity index (χ4v) is 1.89. The quantitative estimate of drug-likeness (QED) is 0.806. The molecule has 0 amide bonds. The smallest absolute Gasteiger partial charge is 0.166 e. The number of nitrogens with zero attached hydrogens (tertiary/aromatic N) is 1. The highest BCUT2D eigenvalue weighted by molar-refractivity contribution is 6.66. The van der Waals surface area contributed by atoms with Crippen LogP contribution in [0.25, 0.3) is 0 Å². The maximum Gasteiger partial charge on any atom is 0.166 e. The van der Waals surface area contributed by atoms with Crippen molar-refractivity contribution in [3.63, 3.8) is 0 Å². The Hall–Kier alpha value is -1.06. The van der Waals surface area contributed by atoms with Gasteiger partial charge in [0.25, 0.3) is 0 Å². The first-order chi connectivity index (χ1) is 8.56. The summed E-state index contributed by atoms with van der Waals surface area (Å²) in [5, 5.41) is 0.902. The van der Waals surface area contributed by atoms with Gasteiger partial charge in [0.2, 0.25) is 0 Å². The molecule has 5 heteroatoms. The minimum Gasteiger partial charge on any atom is -0.484 e. The van der Waals surface area contributed by atoms with Crippen LogP contribution in [0.5, 0.6) is 5.75 Å². The van der Waals surface area contributed by atoms with Crippen molar-refractivity contribution in [2.75, 3.05) is 6.61 Å². The molecule has 1 aromatic carbocycles. The maximum absolute atomic E-state index is 13.5. The van der Waals surface area contributed by atoms with Crippen LogP contribution < -0.4 is 4.74 Å². The van der Waals surface area contributed by atoms with E-state index in [0.717, 1.165) is 6.42 Å². The molecular weight excluding hydrogens is 276 g/mol. The standard InChI is InChI=1S/C13H12Cl2FNO/c1-8-2-4-10(17-13(8)15)7-18-12-5-3-9(14)6-11(12)16/h3-6,8H,2,7H2,1H3. The number of rotatable bonds is 3. The summed E-state index contributed by atoms with van der Waals surface area (Å²) in [6.45, 7) is 2.19. The predicted octanol–water partition coefficient (Wildman–Crippen LogP) is 4.42. The van der Waals surface area contributed by atoms with Gasteiger partial charge in [0.15, 0.2) is 11.6 Å². The molecule has 0 bridgehead atoms. The highest BCUT2D eigenvalue weighted by atomic mass is 35.5. The molecule has 1 aliphatic rings. The Kier molecular flexibility index (Phi) is 4.25. The molecule has 1 aliphatic heterocycles. The third-order valence-corrected chi connectivity index (χ3v) is 3.33. The third-order valence-electron chi connectivity index (χ3n) is 2.63. The van der Waals surface area contributed by atoms with Crippen molar-refractivity contribution in [3.8, 4) is 5.75 Å². The van der Waals surface area contributed by atoms with Crippen molar-refractivity contribution in [2.45, 2.75) is 13.3 Å². The van der Waals surface area contributed by atoms with E-state index in [4.69, 9.17) is 27.9 Å². The van der Waals surface area contributed by atoms with Gasteiger partial charge in [-0.1, -0.05) is 36.2 Å². The van der Waals surface area contributed by atoms with E-state index in [1.54, 1.807) is 6.07 Å². The summed E-state index contributed by atoms with van der Waals surface area (Å²) in [5.41, 5.74) is 0.715. The van der Waals surface area contributed by atoms with E-state index >= 15 is 0 Å². The van der Waals surface area contributed by atoms with E-state index < -0.39 is 5.82 Å². The molecule has 0 saturated heterocycles. The Labute approximate surface area is 115 Å². The fraction of sp³-hybridized carbons (Fsp3) is 0.308. The lowest BCUT2D eigenvalue weighted by atomic mass is 10.1. The lowest BCUT2D eigenvalue weighted by Gasteiger charge is -2.15. The van der Waals surface area contributed by atoms with E-state index in [-0.39, 0.29) is 18.3 Å². The average molecular weight is 288 g/mol. The molecule has 1 aromatic rings.